The summed E-state index contributed by atoms with van der Waals surface area (Å²) in [4.78, 5) is 49.9. The number of rotatable bonds is 9. The number of aromatic amines is 1. The van der Waals surface area contributed by atoms with Crippen LogP contribution in [0.25, 0.3) is 21.9 Å². The van der Waals surface area contributed by atoms with Crippen LogP contribution in [-0.2, 0) is 21.2 Å². The van der Waals surface area contributed by atoms with Gasteiger partial charge in [-0.2, -0.15) is 12.6 Å². The van der Waals surface area contributed by atoms with Gasteiger partial charge >= 0.3 is 11.7 Å². The van der Waals surface area contributed by atoms with Crippen molar-refractivity contribution in [1.29, 1.82) is 0 Å². The Bertz CT molecular complexity index is 2000. The highest BCUT2D eigenvalue weighted by Crippen LogP contribution is 2.26. The number of para-hydroxylation sites is 2. The van der Waals surface area contributed by atoms with Crippen LogP contribution in [0.15, 0.2) is 59.5 Å². The van der Waals surface area contributed by atoms with Gasteiger partial charge in [-0.15, -0.1) is 0 Å². The maximum Gasteiger partial charge on any atom is 0.326 e. The average Bonchev–Trinajstić information content (AvgIpc) is 3.72. The molecule has 0 saturated carbocycles. The topological polar surface area (TPSA) is 133 Å². The van der Waals surface area contributed by atoms with Crippen LogP contribution >= 0.6 is 12.6 Å². The molecule has 2 aromatic heterocycles. The number of urea groups is 1. The molecule has 3 aliphatic rings. The molecule has 0 aliphatic carbocycles. The lowest BCUT2D eigenvalue weighted by Gasteiger charge is -2.41. The van der Waals surface area contributed by atoms with Crippen LogP contribution in [0.2, 0.25) is 0 Å². The van der Waals surface area contributed by atoms with Gasteiger partial charge in [0.25, 0.3) is 0 Å². The number of aromatic nitrogens is 3. The summed E-state index contributed by atoms with van der Waals surface area (Å²) in [6, 6.07) is 14.3. The van der Waals surface area contributed by atoms with E-state index in [4.69, 9.17) is 0 Å². The predicted molar refractivity (Wildman–Crippen MR) is 198 cm³/mol. The zero-order chi connectivity index (χ0) is 34.8. The second-order valence-corrected chi connectivity index (χ2v) is 16.4. The minimum Gasteiger partial charge on any atom is -0.341 e. The molecule has 2 aromatic carbocycles. The molecule has 1 unspecified atom stereocenters. The van der Waals surface area contributed by atoms with Crippen molar-refractivity contribution in [1.82, 2.24) is 33.5 Å². The Morgan fingerprint density at radius 3 is 2.30 bits per heavy atom. The normalized spacial score (nSPS) is 19.3. The van der Waals surface area contributed by atoms with Gasteiger partial charge in [0.1, 0.15) is 6.04 Å². The van der Waals surface area contributed by atoms with Crippen LogP contribution < -0.4 is 11.0 Å². The number of piperidine rings is 3. The first kappa shape index (κ1) is 34.7. The number of fused-ring (bicyclic) bond motifs is 2. The van der Waals surface area contributed by atoms with E-state index in [0.29, 0.717) is 50.6 Å². The highest BCUT2D eigenvalue weighted by Gasteiger charge is 2.34. The standard InChI is InChI=1S/C36H47N7O5S2/c44-34(40-17-11-28(12-18-40)39-15-4-1-5-16-39)31(25-26-8-9-32-27(24-26)10-21-42(32)50(47,48)23-22-49)38-35(45)41-19-13-29(14-20-41)43-33-7-3-2-6-30(33)37-36(43)46/h2-3,6-10,21,24,28-29,31,49H,1,4-5,11-20,22-23,25H2,(H,37,46)(H,38,45). The van der Waals surface area contributed by atoms with Crippen LogP contribution in [0.4, 0.5) is 4.79 Å². The third kappa shape index (κ3) is 7.20. The van der Waals surface area contributed by atoms with Crippen LogP contribution in [-0.4, -0.2) is 111 Å². The zero-order valence-corrected chi connectivity index (χ0v) is 30.1. The number of carbonyl (C=O) groups is 2. The van der Waals surface area contributed by atoms with Crippen molar-refractivity contribution in [2.45, 2.75) is 69.5 Å². The number of hydrogen-bond donors (Lipinski definition) is 3. The smallest absolute Gasteiger partial charge is 0.326 e. The van der Waals surface area contributed by atoms with E-state index >= 15 is 0 Å². The van der Waals surface area contributed by atoms with E-state index in [2.05, 4.69) is 27.8 Å². The quantitative estimate of drug-likeness (QED) is 0.225. The molecule has 14 heteroatoms. The highest BCUT2D eigenvalue weighted by atomic mass is 32.2. The van der Waals surface area contributed by atoms with Crippen molar-refractivity contribution in [2.75, 3.05) is 50.8 Å². The minimum atomic E-state index is -3.54. The molecule has 2 N–H and O–H groups in total. The second kappa shape index (κ2) is 14.8. The first-order valence-electron chi connectivity index (χ1n) is 17.9. The molecule has 3 aliphatic heterocycles. The summed E-state index contributed by atoms with van der Waals surface area (Å²) in [5, 5.41) is 3.84. The maximum absolute atomic E-state index is 14.2. The number of H-pyrrole nitrogens is 1. The average molecular weight is 722 g/mol. The van der Waals surface area contributed by atoms with Gasteiger partial charge in [-0.3, -0.25) is 9.36 Å². The Labute approximate surface area is 298 Å². The lowest BCUT2D eigenvalue weighted by molar-refractivity contribution is -0.134. The van der Waals surface area contributed by atoms with E-state index in [9.17, 15) is 22.8 Å². The summed E-state index contributed by atoms with van der Waals surface area (Å²) in [6.45, 7) is 4.49. The lowest BCUT2D eigenvalue weighted by Crippen LogP contribution is -2.56. The molecule has 3 amide bonds. The fraction of sp³-hybridized carbons (Fsp3) is 0.528. The Balaban J connectivity index is 1.06. The molecule has 3 saturated heterocycles. The van der Waals surface area contributed by atoms with E-state index in [1.54, 1.807) is 27.8 Å². The third-order valence-corrected chi connectivity index (χ3v) is 13.0. The van der Waals surface area contributed by atoms with Crippen molar-refractivity contribution in [3.05, 3.63) is 70.8 Å². The van der Waals surface area contributed by atoms with Crippen molar-refractivity contribution in [3.8, 4) is 0 Å². The molecule has 50 heavy (non-hydrogen) atoms. The minimum absolute atomic E-state index is 0.0306. The van der Waals surface area contributed by atoms with Crippen molar-refractivity contribution in [3.63, 3.8) is 0 Å². The van der Waals surface area contributed by atoms with Crippen LogP contribution in [0, 0.1) is 0 Å². The largest absolute Gasteiger partial charge is 0.341 e. The fourth-order valence-electron chi connectivity index (χ4n) is 8.15. The van der Waals surface area contributed by atoms with Gasteiger partial charge in [0.05, 0.1) is 22.3 Å². The lowest BCUT2D eigenvalue weighted by atomic mass is 9.98. The van der Waals surface area contributed by atoms with Gasteiger partial charge in [-0.05, 0) is 87.5 Å². The maximum atomic E-state index is 14.2. The predicted octanol–water partition coefficient (Wildman–Crippen LogP) is 3.83. The summed E-state index contributed by atoms with van der Waals surface area (Å²) < 4.78 is 28.7. The van der Waals surface area contributed by atoms with E-state index < -0.39 is 16.1 Å². The van der Waals surface area contributed by atoms with Crippen molar-refractivity contribution < 1.29 is 18.0 Å². The number of hydrogen-bond acceptors (Lipinski definition) is 7. The Morgan fingerprint density at radius 1 is 0.860 bits per heavy atom. The number of benzene rings is 2. The molecule has 268 valence electrons. The molecule has 12 nitrogen and oxygen atoms in total. The number of carbonyl (C=O) groups excluding carboxylic acids is 2. The highest BCUT2D eigenvalue weighted by molar-refractivity contribution is 7.91. The molecule has 3 fully saturated rings. The summed E-state index contributed by atoms with van der Waals surface area (Å²) in [7, 11) is -3.54. The number of likely N-dealkylation sites (tertiary alicyclic amines) is 3. The van der Waals surface area contributed by atoms with Crippen LogP contribution in [0.1, 0.15) is 56.6 Å². The number of nitrogens with one attached hydrogen (secondary N) is 2. The summed E-state index contributed by atoms with van der Waals surface area (Å²) in [6.07, 6.45) is 8.69. The molecule has 7 rings (SSSR count). The molecule has 0 bridgehead atoms. The molecule has 5 heterocycles. The summed E-state index contributed by atoms with van der Waals surface area (Å²) >= 11 is 4.10. The third-order valence-electron chi connectivity index (χ3n) is 10.8. The number of imidazole rings is 1. The molecule has 0 spiro atoms. The number of amides is 3. The van der Waals surface area contributed by atoms with Gasteiger partial charge in [0, 0.05) is 62.0 Å². The number of thiol groups is 1. The van der Waals surface area contributed by atoms with E-state index in [-0.39, 0.29) is 41.6 Å². The second-order valence-electron chi connectivity index (χ2n) is 13.9. The Kier molecular flexibility index (Phi) is 10.3. The molecule has 4 aromatic rings. The summed E-state index contributed by atoms with van der Waals surface area (Å²) in [5.41, 5.74) is 2.92. The molecular formula is C36H47N7O5S2. The molecular weight excluding hydrogens is 675 g/mol. The van der Waals surface area contributed by atoms with E-state index in [1.807, 2.05) is 41.3 Å². The summed E-state index contributed by atoms with van der Waals surface area (Å²) in [5.74, 6) is 0.0525. The zero-order valence-electron chi connectivity index (χ0n) is 28.4. The van der Waals surface area contributed by atoms with Gasteiger partial charge in [0.2, 0.25) is 15.9 Å². The van der Waals surface area contributed by atoms with Crippen LogP contribution in [0.5, 0.6) is 0 Å². The van der Waals surface area contributed by atoms with Crippen molar-refractivity contribution >= 4 is 56.5 Å². The SMILES string of the molecule is O=C(NC(Cc1ccc2c(ccn2S(=O)(=O)CCS)c1)C(=O)N1CCC(N2CCCCC2)CC1)N1CCC(n2c(=O)[nH]c3ccccc32)CC1. The van der Waals surface area contributed by atoms with Gasteiger partial charge < -0.3 is 25.0 Å². The fourth-order valence-corrected chi connectivity index (χ4v) is 9.98. The number of nitrogens with zero attached hydrogens (tertiary/aromatic N) is 5. The van der Waals surface area contributed by atoms with Gasteiger partial charge in [-0.25, -0.2) is 22.0 Å². The van der Waals surface area contributed by atoms with Crippen molar-refractivity contribution in [2.24, 2.45) is 0 Å². The van der Waals surface area contributed by atoms with E-state index in [0.717, 1.165) is 47.9 Å². The van der Waals surface area contributed by atoms with Gasteiger partial charge in [-0.1, -0.05) is 24.6 Å². The monoisotopic (exact) mass is 721 g/mol. The van der Waals surface area contributed by atoms with E-state index in [1.165, 1.54) is 23.2 Å². The molecule has 0 radical (unpaired) electrons. The first-order valence-corrected chi connectivity index (χ1v) is 20.2. The van der Waals surface area contributed by atoms with Crippen LogP contribution in [0.3, 0.4) is 0 Å². The molecule has 1 atom stereocenters. The first-order chi connectivity index (χ1) is 24.2. The Morgan fingerprint density at radius 2 is 1.56 bits per heavy atom. The van der Waals surface area contributed by atoms with Gasteiger partial charge in [0.15, 0.2) is 0 Å². The Hall–Kier alpha value is -3.75.